The molecular formula is C9F21N. The molecule has 0 radical (unpaired) electrons. The van der Waals surface area contributed by atoms with Crippen LogP contribution in [-0.2, 0) is 0 Å². The summed E-state index contributed by atoms with van der Waals surface area (Å²) in [6, 6.07) is -8.88. The quantitative estimate of drug-likeness (QED) is 0.289. The van der Waals surface area contributed by atoms with Crippen LogP contribution in [-0.4, -0.2) is 53.9 Å². The van der Waals surface area contributed by atoms with Crippen LogP contribution in [0.3, 0.4) is 0 Å². The third-order valence-electron chi connectivity index (χ3n) is 3.31. The molecule has 0 bridgehead atoms. The van der Waals surface area contributed by atoms with Gasteiger partial charge in [-0.2, -0.15) is 92.2 Å². The lowest BCUT2D eigenvalue weighted by Crippen LogP contribution is -2.78. The summed E-state index contributed by atoms with van der Waals surface area (Å²) < 4.78 is 265. The standard InChI is InChI=1S/C9F21N/c10-2(11,1(4(14,15)16,5(17,18)19)6(20,21)22)3(12,13)7(23,24)31(8(25,26)27)9(28,29)30. The van der Waals surface area contributed by atoms with Gasteiger partial charge in [-0.05, 0) is 0 Å². The molecule has 188 valence electrons. The van der Waals surface area contributed by atoms with Crippen LogP contribution in [0.15, 0.2) is 0 Å². The zero-order valence-corrected chi connectivity index (χ0v) is 12.9. The van der Waals surface area contributed by atoms with Gasteiger partial charge in [0.15, 0.2) is 0 Å². The zero-order chi connectivity index (χ0) is 26.1. The van der Waals surface area contributed by atoms with Crippen LogP contribution in [0.1, 0.15) is 0 Å². The number of nitrogens with zero attached hydrogens (tertiary/aromatic N) is 1. The monoisotopic (exact) mass is 521 g/mol. The molecule has 0 aromatic heterocycles. The summed E-state index contributed by atoms with van der Waals surface area (Å²) in [7, 11) is 0. The first-order valence-corrected chi connectivity index (χ1v) is 6.14. The zero-order valence-electron chi connectivity index (χ0n) is 12.9. The Labute approximate surface area is 153 Å². The molecule has 0 heterocycles. The van der Waals surface area contributed by atoms with E-state index in [1.165, 1.54) is 0 Å². The minimum Gasteiger partial charge on any atom is -0.198 e. The van der Waals surface area contributed by atoms with Gasteiger partial charge in [-0.3, -0.25) is 0 Å². The molecular weight excluding hydrogens is 521 g/mol. The molecule has 22 heteroatoms. The Bertz CT molecular complexity index is 586. The van der Waals surface area contributed by atoms with Gasteiger partial charge in [-0.25, -0.2) is 0 Å². The molecule has 0 atom stereocenters. The molecule has 0 spiro atoms. The molecule has 0 aliphatic carbocycles. The number of hydrogen-bond donors (Lipinski definition) is 0. The fourth-order valence-electron chi connectivity index (χ4n) is 2.04. The Morgan fingerprint density at radius 1 is 0.323 bits per heavy atom. The van der Waals surface area contributed by atoms with Gasteiger partial charge in [0.05, 0.1) is 0 Å². The van der Waals surface area contributed by atoms with Crippen molar-refractivity contribution < 1.29 is 92.2 Å². The smallest absolute Gasteiger partial charge is 0.198 e. The third-order valence-corrected chi connectivity index (χ3v) is 3.31. The van der Waals surface area contributed by atoms with Gasteiger partial charge in [-0.15, -0.1) is 0 Å². The minimum absolute atomic E-state index is 4.88. The first-order chi connectivity index (χ1) is 12.9. The minimum atomic E-state index is -9.44. The Morgan fingerprint density at radius 3 is 0.710 bits per heavy atom. The first kappa shape index (κ1) is 29.5. The normalized spacial score (nSPS) is 16.8. The third kappa shape index (κ3) is 4.02. The van der Waals surface area contributed by atoms with Crippen molar-refractivity contribution in [3.8, 4) is 0 Å². The highest BCUT2D eigenvalue weighted by atomic mass is 19.4. The molecule has 0 fully saturated rings. The van der Waals surface area contributed by atoms with Gasteiger partial charge in [0.1, 0.15) is 0 Å². The van der Waals surface area contributed by atoms with Crippen LogP contribution in [0.4, 0.5) is 92.2 Å². The van der Waals surface area contributed by atoms with Crippen molar-refractivity contribution in [2.45, 2.75) is 49.0 Å². The highest BCUT2D eigenvalue weighted by molar-refractivity contribution is 5.15. The fraction of sp³-hybridized carbons (Fsp3) is 1.00. The Hall–Kier alpha value is -1.51. The molecule has 0 aliphatic heterocycles. The molecule has 0 aromatic rings. The summed E-state index contributed by atoms with van der Waals surface area (Å²) in [5, 5.41) is 0. The maximum atomic E-state index is 13.5. The van der Waals surface area contributed by atoms with Crippen molar-refractivity contribution in [2.75, 3.05) is 0 Å². The van der Waals surface area contributed by atoms with Crippen LogP contribution >= 0.6 is 0 Å². The summed E-state index contributed by atoms with van der Waals surface area (Å²) in [4.78, 5) is -4.88. The predicted molar refractivity (Wildman–Crippen MR) is 49.4 cm³/mol. The highest BCUT2D eigenvalue weighted by Crippen LogP contribution is 2.71. The van der Waals surface area contributed by atoms with E-state index in [1.807, 2.05) is 0 Å². The average Bonchev–Trinajstić information content (AvgIpc) is 2.26. The van der Waals surface area contributed by atoms with Crippen LogP contribution in [0.5, 0.6) is 0 Å². The van der Waals surface area contributed by atoms with Crippen molar-refractivity contribution in [1.29, 1.82) is 0 Å². The maximum absolute atomic E-state index is 13.5. The number of rotatable bonds is 4. The van der Waals surface area contributed by atoms with Crippen LogP contribution in [0.25, 0.3) is 0 Å². The molecule has 0 rings (SSSR count). The fourth-order valence-corrected chi connectivity index (χ4v) is 2.04. The van der Waals surface area contributed by atoms with Crippen molar-refractivity contribution in [2.24, 2.45) is 5.41 Å². The van der Waals surface area contributed by atoms with E-state index < -0.39 is 59.3 Å². The van der Waals surface area contributed by atoms with E-state index >= 15 is 0 Å². The second-order valence-corrected chi connectivity index (χ2v) is 5.20. The molecule has 0 aromatic carbocycles. The van der Waals surface area contributed by atoms with Crippen molar-refractivity contribution in [1.82, 2.24) is 4.90 Å². The van der Waals surface area contributed by atoms with Gasteiger partial charge in [-0.1, -0.05) is 4.90 Å². The maximum Gasteiger partial charge on any atom is 0.472 e. The summed E-state index contributed by atoms with van der Waals surface area (Å²) in [6.07, 6.45) is -42.2. The number of alkyl halides is 21. The lowest BCUT2D eigenvalue weighted by molar-refractivity contribution is -0.532. The van der Waals surface area contributed by atoms with E-state index in [0.717, 1.165) is 0 Å². The molecule has 0 saturated carbocycles. The Balaban J connectivity index is 7.56. The first-order valence-electron chi connectivity index (χ1n) is 6.14. The summed E-state index contributed by atoms with van der Waals surface area (Å²) in [6.45, 7) is 0. The van der Waals surface area contributed by atoms with Crippen LogP contribution in [0.2, 0.25) is 0 Å². The molecule has 1 nitrogen and oxygen atoms in total. The van der Waals surface area contributed by atoms with Gasteiger partial charge in [0.25, 0.3) is 0 Å². The number of hydrogen-bond acceptors (Lipinski definition) is 1. The summed E-state index contributed by atoms with van der Waals surface area (Å²) in [5.74, 6) is -18.7. The van der Waals surface area contributed by atoms with Crippen LogP contribution in [0, 0.1) is 5.41 Å². The van der Waals surface area contributed by atoms with E-state index in [4.69, 9.17) is 0 Å². The largest absolute Gasteiger partial charge is 0.472 e. The van der Waals surface area contributed by atoms with Gasteiger partial charge < -0.3 is 0 Å². The van der Waals surface area contributed by atoms with Gasteiger partial charge in [0.2, 0.25) is 0 Å². The van der Waals surface area contributed by atoms with Crippen LogP contribution < -0.4 is 0 Å². The van der Waals surface area contributed by atoms with E-state index in [2.05, 4.69) is 0 Å². The second-order valence-electron chi connectivity index (χ2n) is 5.20. The summed E-state index contributed by atoms with van der Waals surface area (Å²) >= 11 is 0. The molecule has 0 unspecified atom stereocenters. The van der Waals surface area contributed by atoms with E-state index in [-0.39, 0.29) is 0 Å². The molecule has 0 N–H and O–H groups in total. The Kier molecular flexibility index (Phi) is 6.65. The lowest BCUT2D eigenvalue weighted by Gasteiger charge is -2.48. The average molecular weight is 521 g/mol. The number of halogens is 21. The van der Waals surface area contributed by atoms with Crippen molar-refractivity contribution >= 4 is 0 Å². The molecule has 0 amide bonds. The molecule has 31 heavy (non-hydrogen) atoms. The highest BCUT2D eigenvalue weighted by Gasteiger charge is 3.00. The molecule has 0 saturated heterocycles. The second kappa shape index (κ2) is 6.99. The Morgan fingerprint density at radius 2 is 0.548 bits per heavy atom. The predicted octanol–water partition coefficient (Wildman–Crippen LogP) is 6.86. The van der Waals surface area contributed by atoms with Crippen molar-refractivity contribution in [3.05, 3.63) is 0 Å². The van der Waals surface area contributed by atoms with Gasteiger partial charge in [0, 0.05) is 0 Å². The van der Waals surface area contributed by atoms with E-state index in [1.54, 1.807) is 0 Å². The topological polar surface area (TPSA) is 3.24 Å². The van der Waals surface area contributed by atoms with Crippen molar-refractivity contribution in [3.63, 3.8) is 0 Å². The van der Waals surface area contributed by atoms with E-state index in [9.17, 15) is 92.2 Å². The summed E-state index contributed by atoms with van der Waals surface area (Å²) in [5.41, 5.74) is -9.24. The van der Waals surface area contributed by atoms with E-state index in [0.29, 0.717) is 0 Å². The lowest BCUT2D eigenvalue weighted by atomic mass is 9.74. The SMILES string of the molecule is FC(F)(F)N(C(F)(F)F)C(F)(F)C(F)(F)C(F)(F)C(C(F)(F)F)(C(F)(F)F)C(F)(F)F. The molecule has 0 aliphatic rings. The van der Waals surface area contributed by atoms with Gasteiger partial charge >= 0.3 is 54.4 Å².